The summed E-state index contributed by atoms with van der Waals surface area (Å²) in [7, 11) is 2.13. The molecular formula is C10H15ClN4. The van der Waals surface area contributed by atoms with E-state index >= 15 is 0 Å². The molecule has 1 aliphatic rings. The molecule has 0 bridgehead atoms. The third-order valence-corrected chi connectivity index (χ3v) is 3.01. The molecule has 2 heterocycles. The molecule has 82 valence electrons. The zero-order valence-electron chi connectivity index (χ0n) is 8.78. The molecule has 0 aromatic carbocycles. The standard InChI is InChI=1S/C10H15ClN4/c1-14-2-4-15(5-3-14)10-6-9(12)8(11)7-13-10/h6-7H,2-5H2,1H3,(H2,12,13). The molecule has 1 fully saturated rings. The van der Waals surface area contributed by atoms with E-state index < -0.39 is 0 Å². The predicted octanol–water partition coefficient (Wildman–Crippen LogP) is 1.07. The number of nitrogens with zero attached hydrogens (tertiary/aromatic N) is 3. The van der Waals surface area contributed by atoms with Gasteiger partial charge in [0, 0.05) is 38.4 Å². The number of pyridine rings is 1. The van der Waals surface area contributed by atoms with E-state index in [0.29, 0.717) is 10.7 Å². The molecule has 1 aromatic rings. The molecule has 1 aliphatic heterocycles. The van der Waals surface area contributed by atoms with Crippen molar-refractivity contribution in [2.45, 2.75) is 0 Å². The summed E-state index contributed by atoms with van der Waals surface area (Å²) in [4.78, 5) is 8.81. The number of anilines is 2. The summed E-state index contributed by atoms with van der Waals surface area (Å²) in [6.45, 7) is 4.10. The van der Waals surface area contributed by atoms with Crippen molar-refractivity contribution in [3.05, 3.63) is 17.3 Å². The molecule has 0 unspecified atom stereocenters. The summed E-state index contributed by atoms with van der Waals surface area (Å²) in [6, 6.07) is 1.84. The van der Waals surface area contributed by atoms with Crippen LogP contribution in [0.4, 0.5) is 11.5 Å². The SMILES string of the molecule is CN1CCN(c2cc(N)c(Cl)cn2)CC1. The van der Waals surface area contributed by atoms with Gasteiger partial charge in [-0.05, 0) is 7.05 Å². The molecule has 0 saturated carbocycles. The largest absolute Gasteiger partial charge is 0.397 e. The van der Waals surface area contributed by atoms with Gasteiger partial charge in [0.25, 0.3) is 0 Å². The van der Waals surface area contributed by atoms with Crippen molar-refractivity contribution in [1.82, 2.24) is 9.88 Å². The number of aromatic nitrogens is 1. The lowest BCUT2D eigenvalue weighted by Gasteiger charge is -2.33. The molecule has 1 saturated heterocycles. The van der Waals surface area contributed by atoms with Crippen molar-refractivity contribution in [1.29, 1.82) is 0 Å². The highest BCUT2D eigenvalue weighted by Gasteiger charge is 2.15. The molecule has 5 heteroatoms. The minimum absolute atomic E-state index is 0.521. The van der Waals surface area contributed by atoms with Gasteiger partial charge in [0.2, 0.25) is 0 Å². The average molecular weight is 227 g/mol. The van der Waals surface area contributed by atoms with Crippen molar-refractivity contribution in [3.63, 3.8) is 0 Å². The van der Waals surface area contributed by atoms with Gasteiger partial charge < -0.3 is 15.5 Å². The first kappa shape index (κ1) is 10.5. The van der Waals surface area contributed by atoms with Crippen molar-refractivity contribution in [2.75, 3.05) is 43.9 Å². The lowest BCUT2D eigenvalue weighted by Crippen LogP contribution is -2.44. The maximum atomic E-state index is 5.83. The van der Waals surface area contributed by atoms with Crippen LogP contribution >= 0.6 is 11.6 Å². The molecule has 2 N–H and O–H groups in total. The van der Waals surface area contributed by atoms with Crippen LogP contribution in [-0.2, 0) is 0 Å². The average Bonchev–Trinajstić information content (AvgIpc) is 2.23. The Hall–Kier alpha value is -1.00. The lowest BCUT2D eigenvalue weighted by atomic mass is 10.3. The Morgan fingerprint density at radius 3 is 2.60 bits per heavy atom. The Kier molecular flexibility index (Phi) is 2.98. The third kappa shape index (κ3) is 2.33. The van der Waals surface area contributed by atoms with Gasteiger partial charge in [0.05, 0.1) is 10.7 Å². The maximum Gasteiger partial charge on any atom is 0.130 e. The highest BCUT2D eigenvalue weighted by Crippen LogP contribution is 2.22. The Morgan fingerprint density at radius 2 is 2.00 bits per heavy atom. The molecular weight excluding hydrogens is 212 g/mol. The molecule has 0 atom stereocenters. The van der Waals surface area contributed by atoms with Gasteiger partial charge in [-0.25, -0.2) is 4.98 Å². The Labute approximate surface area is 94.6 Å². The number of hydrogen-bond donors (Lipinski definition) is 1. The van der Waals surface area contributed by atoms with Crippen LogP contribution in [0.5, 0.6) is 0 Å². The number of hydrogen-bond acceptors (Lipinski definition) is 4. The second kappa shape index (κ2) is 4.24. The first-order valence-electron chi connectivity index (χ1n) is 5.01. The monoisotopic (exact) mass is 226 g/mol. The summed E-state index contributed by atoms with van der Waals surface area (Å²) >= 11 is 5.83. The second-order valence-electron chi connectivity index (χ2n) is 3.85. The quantitative estimate of drug-likeness (QED) is 0.778. The van der Waals surface area contributed by atoms with E-state index in [-0.39, 0.29) is 0 Å². The molecule has 15 heavy (non-hydrogen) atoms. The summed E-state index contributed by atoms with van der Waals surface area (Å²) in [5, 5.41) is 0.521. The van der Waals surface area contributed by atoms with E-state index in [9.17, 15) is 0 Å². The zero-order valence-corrected chi connectivity index (χ0v) is 9.54. The topological polar surface area (TPSA) is 45.4 Å². The van der Waals surface area contributed by atoms with Crippen molar-refractivity contribution >= 4 is 23.1 Å². The van der Waals surface area contributed by atoms with Crippen LogP contribution in [-0.4, -0.2) is 43.1 Å². The van der Waals surface area contributed by atoms with E-state index in [1.54, 1.807) is 6.20 Å². The first-order valence-corrected chi connectivity index (χ1v) is 5.39. The number of halogens is 1. The fraction of sp³-hybridized carbons (Fsp3) is 0.500. The number of likely N-dealkylation sites (N-methyl/N-ethyl adjacent to an activating group) is 1. The van der Waals surface area contributed by atoms with Crippen LogP contribution in [0, 0.1) is 0 Å². The van der Waals surface area contributed by atoms with E-state index in [1.807, 2.05) is 6.07 Å². The van der Waals surface area contributed by atoms with E-state index in [2.05, 4.69) is 21.8 Å². The molecule has 0 spiro atoms. The smallest absolute Gasteiger partial charge is 0.130 e. The van der Waals surface area contributed by atoms with Gasteiger partial charge in [-0.3, -0.25) is 0 Å². The minimum Gasteiger partial charge on any atom is -0.397 e. The van der Waals surface area contributed by atoms with Gasteiger partial charge in [-0.15, -0.1) is 0 Å². The molecule has 1 aromatic heterocycles. The second-order valence-corrected chi connectivity index (χ2v) is 4.26. The van der Waals surface area contributed by atoms with Crippen LogP contribution in [0.3, 0.4) is 0 Å². The Morgan fingerprint density at radius 1 is 1.33 bits per heavy atom. The number of piperazine rings is 1. The molecule has 2 rings (SSSR count). The fourth-order valence-electron chi connectivity index (χ4n) is 1.65. The summed E-state index contributed by atoms with van der Waals surface area (Å²) in [5.74, 6) is 0.921. The van der Waals surface area contributed by atoms with Crippen LogP contribution in [0.15, 0.2) is 12.3 Å². The van der Waals surface area contributed by atoms with Crippen LogP contribution in [0.1, 0.15) is 0 Å². The van der Waals surface area contributed by atoms with E-state index in [1.165, 1.54) is 0 Å². The summed E-state index contributed by atoms with van der Waals surface area (Å²) < 4.78 is 0. The van der Waals surface area contributed by atoms with Gasteiger partial charge in [0.1, 0.15) is 5.82 Å². The number of nitrogens with two attached hydrogens (primary N) is 1. The molecule has 0 radical (unpaired) electrons. The third-order valence-electron chi connectivity index (χ3n) is 2.70. The Balaban J connectivity index is 2.12. The summed E-state index contributed by atoms with van der Waals surface area (Å²) in [6.07, 6.45) is 1.62. The normalized spacial score (nSPS) is 18.1. The Bertz CT molecular complexity index is 347. The molecule has 4 nitrogen and oxygen atoms in total. The minimum atomic E-state index is 0.521. The van der Waals surface area contributed by atoms with Crippen LogP contribution < -0.4 is 10.6 Å². The number of nitrogen functional groups attached to an aromatic ring is 1. The van der Waals surface area contributed by atoms with Crippen molar-refractivity contribution < 1.29 is 0 Å². The lowest BCUT2D eigenvalue weighted by molar-refractivity contribution is 0.312. The molecule has 0 amide bonds. The fourth-order valence-corrected chi connectivity index (χ4v) is 1.75. The van der Waals surface area contributed by atoms with E-state index in [4.69, 9.17) is 17.3 Å². The highest BCUT2D eigenvalue weighted by atomic mass is 35.5. The van der Waals surface area contributed by atoms with E-state index in [0.717, 1.165) is 32.0 Å². The maximum absolute atomic E-state index is 5.83. The van der Waals surface area contributed by atoms with Crippen LogP contribution in [0.25, 0.3) is 0 Å². The van der Waals surface area contributed by atoms with Gasteiger partial charge in [0.15, 0.2) is 0 Å². The van der Waals surface area contributed by atoms with Crippen molar-refractivity contribution in [3.8, 4) is 0 Å². The molecule has 0 aliphatic carbocycles. The number of rotatable bonds is 1. The van der Waals surface area contributed by atoms with Crippen LogP contribution in [0.2, 0.25) is 5.02 Å². The van der Waals surface area contributed by atoms with Gasteiger partial charge >= 0.3 is 0 Å². The summed E-state index contributed by atoms with van der Waals surface area (Å²) in [5.41, 5.74) is 6.34. The van der Waals surface area contributed by atoms with Gasteiger partial charge in [-0.2, -0.15) is 0 Å². The van der Waals surface area contributed by atoms with Gasteiger partial charge in [-0.1, -0.05) is 11.6 Å². The predicted molar refractivity (Wildman–Crippen MR) is 63.4 cm³/mol. The van der Waals surface area contributed by atoms with Crippen molar-refractivity contribution in [2.24, 2.45) is 0 Å². The zero-order chi connectivity index (χ0) is 10.8. The highest BCUT2D eigenvalue weighted by molar-refractivity contribution is 6.32. The first-order chi connectivity index (χ1) is 7.16.